The highest BCUT2D eigenvalue weighted by atomic mass is 16.6. The molecule has 1 aliphatic heterocycles. The summed E-state index contributed by atoms with van der Waals surface area (Å²) >= 11 is 0. The van der Waals surface area contributed by atoms with Gasteiger partial charge in [-0.3, -0.25) is 4.79 Å². The highest BCUT2D eigenvalue weighted by Crippen LogP contribution is 2.25. The van der Waals surface area contributed by atoms with Gasteiger partial charge in [0.15, 0.2) is 0 Å². The Morgan fingerprint density at radius 3 is 2.86 bits per heavy atom. The van der Waals surface area contributed by atoms with Crippen LogP contribution in [0.1, 0.15) is 33.6 Å². The Morgan fingerprint density at radius 2 is 2.29 bits per heavy atom. The number of carbonyl (C=O) groups excluding carboxylic acids is 1. The number of hydrogen-bond donors (Lipinski definition) is 0. The molecule has 82 valence electrons. The minimum absolute atomic E-state index is 0.127. The second-order valence-electron chi connectivity index (χ2n) is 4.49. The van der Waals surface area contributed by atoms with Gasteiger partial charge in [-0.25, -0.2) is 0 Å². The molecule has 0 bridgehead atoms. The Balaban J connectivity index is 2.17. The van der Waals surface area contributed by atoms with E-state index in [9.17, 15) is 4.79 Å². The zero-order valence-electron chi connectivity index (χ0n) is 9.29. The van der Waals surface area contributed by atoms with Crippen molar-refractivity contribution in [1.29, 1.82) is 0 Å². The first-order valence-electron chi connectivity index (χ1n) is 5.33. The average molecular weight is 200 g/mol. The lowest BCUT2D eigenvalue weighted by molar-refractivity contribution is -0.144. The molecule has 0 saturated carbocycles. The molecule has 14 heavy (non-hydrogen) atoms. The largest absolute Gasteiger partial charge is 0.463 e. The summed E-state index contributed by atoms with van der Waals surface area (Å²) in [5.41, 5.74) is 0. The maximum atomic E-state index is 10.6. The second-order valence-corrected chi connectivity index (χ2v) is 4.49. The topological polar surface area (TPSA) is 35.5 Å². The van der Waals surface area contributed by atoms with Crippen LogP contribution in [0.3, 0.4) is 0 Å². The van der Waals surface area contributed by atoms with Crippen LogP contribution >= 0.6 is 0 Å². The van der Waals surface area contributed by atoms with E-state index < -0.39 is 0 Å². The van der Waals surface area contributed by atoms with Gasteiger partial charge in [-0.15, -0.1) is 0 Å². The van der Waals surface area contributed by atoms with Crippen LogP contribution < -0.4 is 0 Å². The molecule has 1 aliphatic rings. The molecular weight excluding hydrogens is 180 g/mol. The summed E-state index contributed by atoms with van der Waals surface area (Å²) in [6, 6.07) is 0. The lowest BCUT2D eigenvalue weighted by atomic mass is 9.95. The minimum Gasteiger partial charge on any atom is -0.463 e. The Morgan fingerprint density at radius 1 is 1.57 bits per heavy atom. The quantitative estimate of drug-likeness (QED) is 0.651. The Hall–Kier alpha value is -0.570. The third-order valence-corrected chi connectivity index (χ3v) is 2.44. The smallest absolute Gasteiger partial charge is 0.302 e. The van der Waals surface area contributed by atoms with Gasteiger partial charge in [0.25, 0.3) is 0 Å². The number of esters is 1. The molecule has 0 aliphatic carbocycles. The first kappa shape index (κ1) is 11.5. The molecule has 0 aromatic heterocycles. The molecular formula is C11H20O3. The van der Waals surface area contributed by atoms with E-state index in [1.807, 2.05) is 0 Å². The summed E-state index contributed by atoms with van der Waals surface area (Å²) < 4.78 is 10.5. The third kappa shape index (κ3) is 4.09. The monoisotopic (exact) mass is 200 g/mol. The summed E-state index contributed by atoms with van der Waals surface area (Å²) in [7, 11) is 0. The van der Waals surface area contributed by atoms with Crippen molar-refractivity contribution < 1.29 is 14.3 Å². The molecule has 0 amide bonds. The molecule has 1 fully saturated rings. The van der Waals surface area contributed by atoms with Gasteiger partial charge in [-0.05, 0) is 24.7 Å². The van der Waals surface area contributed by atoms with Gasteiger partial charge in [-0.1, -0.05) is 13.8 Å². The van der Waals surface area contributed by atoms with Gasteiger partial charge >= 0.3 is 5.97 Å². The van der Waals surface area contributed by atoms with Crippen LogP contribution in [0.15, 0.2) is 0 Å². The van der Waals surface area contributed by atoms with E-state index in [4.69, 9.17) is 9.47 Å². The van der Waals surface area contributed by atoms with Crippen molar-refractivity contribution in [2.45, 2.75) is 39.7 Å². The molecule has 1 rings (SSSR count). The summed E-state index contributed by atoms with van der Waals surface area (Å²) in [5.74, 6) is 1.15. The van der Waals surface area contributed by atoms with Crippen LogP contribution in [0, 0.1) is 11.8 Å². The van der Waals surface area contributed by atoms with Crippen molar-refractivity contribution in [1.82, 2.24) is 0 Å². The van der Waals surface area contributed by atoms with Gasteiger partial charge in [0.2, 0.25) is 0 Å². The molecule has 0 spiro atoms. The second kappa shape index (κ2) is 5.35. The summed E-state index contributed by atoms with van der Waals surface area (Å²) in [6.45, 7) is 7.12. The lowest BCUT2D eigenvalue weighted by Gasteiger charge is -2.10. The molecule has 0 radical (unpaired) electrons. The molecule has 0 aromatic carbocycles. The molecule has 2 unspecified atom stereocenters. The number of carbonyl (C=O) groups is 1. The Labute approximate surface area is 85.8 Å². The van der Waals surface area contributed by atoms with Gasteiger partial charge in [0.05, 0.1) is 12.7 Å². The van der Waals surface area contributed by atoms with Crippen molar-refractivity contribution in [2.75, 3.05) is 13.2 Å². The van der Waals surface area contributed by atoms with Gasteiger partial charge in [0, 0.05) is 6.92 Å². The Bertz CT molecular complexity index is 189. The first-order chi connectivity index (χ1) is 6.58. The number of ether oxygens (including phenoxy) is 2. The van der Waals surface area contributed by atoms with Crippen molar-refractivity contribution in [3.63, 3.8) is 0 Å². The third-order valence-electron chi connectivity index (χ3n) is 2.44. The van der Waals surface area contributed by atoms with Crippen molar-refractivity contribution in [3.8, 4) is 0 Å². The van der Waals surface area contributed by atoms with E-state index >= 15 is 0 Å². The molecule has 0 aromatic rings. The number of hydrogen-bond acceptors (Lipinski definition) is 3. The normalized spacial score (nSPS) is 26.9. The van der Waals surface area contributed by atoms with Gasteiger partial charge in [-0.2, -0.15) is 0 Å². The fourth-order valence-electron chi connectivity index (χ4n) is 1.94. The van der Waals surface area contributed by atoms with Crippen LogP contribution in [0.25, 0.3) is 0 Å². The lowest BCUT2D eigenvalue weighted by Crippen LogP contribution is -2.16. The fourth-order valence-corrected chi connectivity index (χ4v) is 1.94. The zero-order chi connectivity index (χ0) is 10.6. The molecule has 0 N–H and O–H groups in total. The Kier molecular flexibility index (Phi) is 4.39. The zero-order valence-corrected chi connectivity index (χ0v) is 9.29. The van der Waals surface area contributed by atoms with E-state index in [0.29, 0.717) is 12.5 Å². The van der Waals surface area contributed by atoms with Gasteiger partial charge in [0.1, 0.15) is 6.61 Å². The van der Waals surface area contributed by atoms with Crippen molar-refractivity contribution in [3.05, 3.63) is 0 Å². The predicted octanol–water partition coefficient (Wildman–Crippen LogP) is 2.00. The molecule has 2 atom stereocenters. The maximum Gasteiger partial charge on any atom is 0.302 e. The molecule has 3 nitrogen and oxygen atoms in total. The molecule has 1 heterocycles. The summed E-state index contributed by atoms with van der Waals surface area (Å²) in [5, 5.41) is 0. The van der Waals surface area contributed by atoms with Crippen molar-refractivity contribution >= 4 is 5.97 Å². The van der Waals surface area contributed by atoms with E-state index in [1.165, 1.54) is 13.3 Å². The average Bonchev–Trinajstić information content (AvgIpc) is 2.47. The summed E-state index contributed by atoms with van der Waals surface area (Å²) in [6.07, 6.45) is 2.37. The van der Waals surface area contributed by atoms with Crippen LogP contribution in [-0.4, -0.2) is 25.3 Å². The van der Waals surface area contributed by atoms with E-state index in [-0.39, 0.29) is 12.1 Å². The highest BCUT2D eigenvalue weighted by Gasteiger charge is 2.26. The number of rotatable bonds is 4. The predicted molar refractivity (Wildman–Crippen MR) is 53.9 cm³/mol. The SMILES string of the molecule is CC(=O)OCC1CC(CC(C)C)CO1. The molecule has 1 saturated heterocycles. The first-order valence-corrected chi connectivity index (χ1v) is 5.33. The summed E-state index contributed by atoms with van der Waals surface area (Å²) in [4.78, 5) is 10.6. The van der Waals surface area contributed by atoms with Gasteiger partial charge < -0.3 is 9.47 Å². The highest BCUT2D eigenvalue weighted by molar-refractivity contribution is 5.65. The fraction of sp³-hybridized carbons (Fsp3) is 0.909. The van der Waals surface area contributed by atoms with Crippen molar-refractivity contribution in [2.24, 2.45) is 11.8 Å². The van der Waals surface area contributed by atoms with E-state index in [0.717, 1.165) is 18.9 Å². The van der Waals surface area contributed by atoms with Crippen LogP contribution in [-0.2, 0) is 14.3 Å². The minimum atomic E-state index is -0.221. The molecule has 3 heteroatoms. The van der Waals surface area contributed by atoms with E-state index in [2.05, 4.69) is 13.8 Å². The maximum absolute atomic E-state index is 10.6. The van der Waals surface area contributed by atoms with E-state index in [1.54, 1.807) is 0 Å². The van der Waals surface area contributed by atoms with Crippen LogP contribution in [0.2, 0.25) is 0 Å². The van der Waals surface area contributed by atoms with Crippen LogP contribution in [0.4, 0.5) is 0 Å². The standard InChI is InChI=1S/C11H20O3/c1-8(2)4-10-5-11(14-6-10)7-13-9(3)12/h8,10-11H,4-7H2,1-3H3. The van der Waals surface area contributed by atoms with Crippen LogP contribution in [0.5, 0.6) is 0 Å².